The molecule has 1 heterocycles. The Bertz CT molecular complexity index is 119. The molecule has 1 aliphatic heterocycles. The lowest BCUT2D eigenvalue weighted by Crippen LogP contribution is -2.49. The third kappa shape index (κ3) is 0.867. The Morgan fingerprint density at radius 3 is 2.50 bits per heavy atom. The minimum Gasteiger partial charge on any atom is -0.394 e. The lowest BCUT2D eigenvalue weighted by atomic mass is 9.88. The maximum atomic E-state index is 8.70. The fraction of sp³-hybridized carbons (Fsp3) is 1.00. The highest BCUT2D eigenvalue weighted by atomic mass is 16.5. The Morgan fingerprint density at radius 2 is 2.00 bits per heavy atom. The number of aliphatic hydroxyl groups is 1. The van der Waals surface area contributed by atoms with Gasteiger partial charge in [-0.3, -0.25) is 0 Å². The molecule has 2 rings (SSSR count). The van der Waals surface area contributed by atoms with Crippen molar-refractivity contribution in [3.63, 3.8) is 0 Å². The largest absolute Gasteiger partial charge is 0.394 e. The van der Waals surface area contributed by atoms with Gasteiger partial charge in [-0.25, -0.2) is 0 Å². The molecule has 2 heteroatoms. The summed E-state index contributed by atoms with van der Waals surface area (Å²) in [5.74, 6) is 0. The molecular weight excluding hydrogens is 128 g/mol. The smallest absolute Gasteiger partial charge is 0.0840 e. The average Bonchev–Trinajstić information content (AvgIpc) is 2.30. The van der Waals surface area contributed by atoms with Gasteiger partial charge in [-0.2, -0.15) is 0 Å². The second-order valence-electron chi connectivity index (χ2n) is 3.52. The van der Waals surface area contributed by atoms with E-state index < -0.39 is 0 Å². The van der Waals surface area contributed by atoms with Crippen LogP contribution in [-0.2, 0) is 4.74 Å². The molecule has 0 amide bonds. The summed E-state index contributed by atoms with van der Waals surface area (Å²) in [5, 5.41) is 8.70. The maximum absolute atomic E-state index is 8.70. The van der Waals surface area contributed by atoms with Gasteiger partial charge in [0.05, 0.1) is 18.3 Å². The van der Waals surface area contributed by atoms with E-state index in [0.717, 1.165) is 6.42 Å². The molecule has 0 aromatic carbocycles. The van der Waals surface area contributed by atoms with Gasteiger partial charge in [0.2, 0.25) is 0 Å². The molecule has 1 unspecified atom stereocenters. The summed E-state index contributed by atoms with van der Waals surface area (Å²) >= 11 is 0. The summed E-state index contributed by atoms with van der Waals surface area (Å²) in [4.78, 5) is 0. The molecule has 58 valence electrons. The molecule has 2 nitrogen and oxygen atoms in total. The maximum Gasteiger partial charge on any atom is 0.0840 e. The molecule has 1 atom stereocenters. The SMILES string of the molecule is OCC1CC2(CCCC2)O1. The van der Waals surface area contributed by atoms with E-state index in [1.54, 1.807) is 0 Å². The van der Waals surface area contributed by atoms with Crippen LogP contribution in [0.1, 0.15) is 32.1 Å². The second kappa shape index (κ2) is 2.21. The van der Waals surface area contributed by atoms with Crippen molar-refractivity contribution in [3.8, 4) is 0 Å². The summed E-state index contributed by atoms with van der Waals surface area (Å²) in [7, 11) is 0. The van der Waals surface area contributed by atoms with E-state index in [-0.39, 0.29) is 18.3 Å². The van der Waals surface area contributed by atoms with Crippen LogP contribution in [0.5, 0.6) is 0 Å². The quantitative estimate of drug-likeness (QED) is 0.593. The lowest BCUT2D eigenvalue weighted by Gasteiger charge is -2.44. The molecule has 2 fully saturated rings. The van der Waals surface area contributed by atoms with Gasteiger partial charge in [0, 0.05) is 6.42 Å². The number of hydrogen-bond donors (Lipinski definition) is 1. The first-order chi connectivity index (χ1) is 4.85. The predicted molar refractivity (Wildman–Crippen MR) is 37.8 cm³/mol. The summed E-state index contributed by atoms with van der Waals surface area (Å²) < 4.78 is 5.59. The van der Waals surface area contributed by atoms with Crippen LogP contribution in [0, 0.1) is 0 Å². The number of hydrogen-bond acceptors (Lipinski definition) is 2. The van der Waals surface area contributed by atoms with Crippen LogP contribution < -0.4 is 0 Å². The first-order valence-electron chi connectivity index (χ1n) is 4.13. The van der Waals surface area contributed by atoms with Gasteiger partial charge in [0.1, 0.15) is 0 Å². The van der Waals surface area contributed by atoms with Gasteiger partial charge < -0.3 is 9.84 Å². The topological polar surface area (TPSA) is 29.5 Å². The molecule has 10 heavy (non-hydrogen) atoms. The Hall–Kier alpha value is -0.0800. The zero-order valence-corrected chi connectivity index (χ0v) is 6.18. The van der Waals surface area contributed by atoms with Gasteiger partial charge in [-0.05, 0) is 12.8 Å². The molecule has 0 radical (unpaired) electrons. The Morgan fingerprint density at radius 1 is 1.40 bits per heavy atom. The first kappa shape index (κ1) is 6.62. The van der Waals surface area contributed by atoms with Crippen molar-refractivity contribution in [3.05, 3.63) is 0 Å². The highest BCUT2D eigenvalue weighted by Gasteiger charge is 2.46. The summed E-state index contributed by atoms with van der Waals surface area (Å²) in [6, 6.07) is 0. The molecule has 1 spiro atoms. The number of rotatable bonds is 1. The van der Waals surface area contributed by atoms with Gasteiger partial charge in [-0.1, -0.05) is 12.8 Å². The van der Waals surface area contributed by atoms with Crippen molar-refractivity contribution >= 4 is 0 Å². The van der Waals surface area contributed by atoms with Crippen molar-refractivity contribution < 1.29 is 9.84 Å². The normalized spacial score (nSPS) is 36.3. The van der Waals surface area contributed by atoms with E-state index in [1.807, 2.05) is 0 Å². The monoisotopic (exact) mass is 142 g/mol. The van der Waals surface area contributed by atoms with Gasteiger partial charge >= 0.3 is 0 Å². The van der Waals surface area contributed by atoms with Crippen LogP contribution in [0.2, 0.25) is 0 Å². The third-order valence-corrected chi connectivity index (χ3v) is 2.73. The van der Waals surface area contributed by atoms with Crippen LogP contribution in [0.15, 0.2) is 0 Å². The van der Waals surface area contributed by atoms with Crippen LogP contribution in [-0.4, -0.2) is 23.4 Å². The minimum atomic E-state index is 0.165. The zero-order valence-electron chi connectivity index (χ0n) is 6.18. The van der Waals surface area contributed by atoms with Gasteiger partial charge in [0.25, 0.3) is 0 Å². The minimum absolute atomic E-state index is 0.165. The van der Waals surface area contributed by atoms with Crippen molar-refractivity contribution in [1.29, 1.82) is 0 Å². The fourth-order valence-corrected chi connectivity index (χ4v) is 2.20. The zero-order chi connectivity index (χ0) is 7.03. The molecule has 1 N–H and O–H groups in total. The fourth-order valence-electron chi connectivity index (χ4n) is 2.20. The number of aliphatic hydroxyl groups excluding tert-OH is 1. The standard InChI is InChI=1S/C8H14O2/c9-6-7-5-8(10-7)3-1-2-4-8/h7,9H,1-6H2. The van der Waals surface area contributed by atoms with Crippen molar-refractivity contribution in [2.45, 2.75) is 43.8 Å². The van der Waals surface area contributed by atoms with Crippen LogP contribution in [0.4, 0.5) is 0 Å². The van der Waals surface area contributed by atoms with Crippen molar-refractivity contribution in [2.75, 3.05) is 6.61 Å². The third-order valence-electron chi connectivity index (χ3n) is 2.73. The summed E-state index contributed by atoms with van der Waals surface area (Å²) in [6.45, 7) is 0.210. The Labute approximate surface area is 61.2 Å². The molecule has 1 saturated heterocycles. The second-order valence-corrected chi connectivity index (χ2v) is 3.52. The van der Waals surface area contributed by atoms with Gasteiger partial charge in [0.15, 0.2) is 0 Å². The highest BCUT2D eigenvalue weighted by molar-refractivity contribution is 4.96. The van der Waals surface area contributed by atoms with Crippen molar-refractivity contribution in [1.82, 2.24) is 0 Å². The van der Waals surface area contributed by atoms with Crippen LogP contribution in [0.25, 0.3) is 0 Å². The Balaban J connectivity index is 1.86. The van der Waals surface area contributed by atoms with E-state index >= 15 is 0 Å². The predicted octanol–water partition coefficient (Wildman–Crippen LogP) is 1.08. The van der Waals surface area contributed by atoms with Crippen LogP contribution in [0.3, 0.4) is 0 Å². The number of ether oxygens (including phenoxy) is 1. The highest BCUT2D eigenvalue weighted by Crippen LogP contribution is 2.45. The lowest BCUT2D eigenvalue weighted by molar-refractivity contribution is -0.213. The van der Waals surface area contributed by atoms with E-state index in [1.165, 1.54) is 25.7 Å². The molecular formula is C8H14O2. The molecule has 0 bridgehead atoms. The Kier molecular flexibility index (Phi) is 1.46. The van der Waals surface area contributed by atoms with E-state index in [0.29, 0.717) is 0 Å². The molecule has 0 aromatic heterocycles. The summed E-state index contributed by atoms with van der Waals surface area (Å²) in [6.07, 6.45) is 6.35. The average molecular weight is 142 g/mol. The van der Waals surface area contributed by atoms with Crippen molar-refractivity contribution in [2.24, 2.45) is 0 Å². The van der Waals surface area contributed by atoms with Crippen LogP contribution >= 0.6 is 0 Å². The molecule has 2 aliphatic rings. The summed E-state index contributed by atoms with van der Waals surface area (Å²) in [5.41, 5.74) is 0.230. The molecule has 1 saturated carbocycles. The van der Waals surface area contributed by atoms with E-state index in [9.17, 15) is 0 Å². The van der Waals surface area contributed by atoms with Gasteiger partial charge in [-0.15, -0.1) is 0 Å². The molecule has 0 aromatic rings. The van der Waals surface area contributed by atoms with E-state index in [4.69, 9.17) is 9.84 Å². The first-order valence-corrected chi connectivity index (χ1v) is 4.13. The molecule has 1 aliphatic carbocycles. The van der Waals surface area contributed by atoms with E-state index in [2.05, 4.69) is 0 Å².